The van der Waals surface area contributed by atoms with Crippen LogP contribution in [0.1, 0.15) is 11.3 Å². The average Bonchev–Trinajstić information content (AvgIpc) is 2.41. The van der Waals surface area contributed by atoms with Crippen LogP contribution >= 0.6 is 0 Å². The van der Waals surface area contributed by atoms with Crippen LogP contribution in [0, 0.1) is 5.82 Å². The number of aromatic nitrogens is 2. The molecule has 94 valence electrons. The van der Waals surface area contributed by atoms with Crippen LogP contribution in [-0.4, -0.2) is 16.6 Å². The Balaban J connectivity index is 1.94. The molecule has 0 saturated carbocycles. The Labute approximate surface area is 105 Å². The first-order valence-electron chi connectivity index (χ1n) is 5.67. The van der Waals surface area contributed by atoms with E-state index in [2.05, 4.69) is 9.97 Å². The molecule has 0 bridgehead atoms. The molecule has 0 aliphatic heterocycles. The predicted octanol–water partition coefficient (Wildman–Crippen LogP) is 1.70. The fourth-order valence-electron chi connectivity index (χ4n) is 1.54. The van der Waals surface area contributed by atoms with Crippen LogP contribution in [0.2, 0.25) is 0 Å². The highest BCUT2D eigenvalue weighted by Gasteiger charge is 2.05. The summed E-state index contributed by atoms with van der Waals surface area (Å²) in [6, 6.07) is 7.04. The maximum atomic E-state index is 12.9. The number of rotatable bonds is 5. The molecule has 0 atom stereocenters. The Morgan fingerprint density at radius 2 is 2.17 bits per heavy atom. The van der Waals surface area contributed by atoms with E-state index in [1.54, 1.807) is 6.20 Å². The van der Waals surface area contributed by atoms with Crippen LogP contribution in [0.5, 0.6) is 5.88 Å². The van der Waals surface area contributed by atoms with Gasteiger partial charge in [0.2, 0.25) is 5.88 Å². The summed E-state index contributed by atoms with van der Waals surface area (Å²) in [7, 11) is 0. The number of hydrogen-bond acceptors (Lipinski definition) is 4. The standard InChI is InChI=1S/C13H14FN3O/c14-11-7-10(8-15)13(17-9-11)18-6-4-12-3-1-2-5-16-12/h1-3,5,7,9H,4,6,8,15H2. The first-order chi connectivity index (χ1) is 8.79. The predicted molar refractivity (Wildman–Crippen MR) is 65.5 cm³/mol. The second kappa shape index (κ2) is 6.07. The molecule has 2 rings (SSSR count). The zero-order valence-corrected chi connectivity index (χ0v) is 9.84. The Morgan fingerprint density at radius 3 is 2.89 bits per heavy atom. The van der Waals surface area contributed by atoms with E-state index in [0.29, 0.717) is 24.5 Å². The van der Waals surface area contributed by atoms with Crippen molar-refractivity contribution in [1.29, 1.82) is 0 Å². The van der Waals surface area contributed by atoms with Gasteiger partial charge in [-0.05, 0) is 18.2 Å². The maximum absolute atomic E-state index is 12.9. The number of ether oxygens (including phenoxy) is 1. The van der Waals surface area contributed by atoms with E-state index < -0.39 is 5.82 Å². The molecular formula is C13H14FN3O. The number of nitrogens with two attached hydrogens (primary N) is 1. The molecule has 2 aromatic heterocycles. The number of hydrogen-bond donors (Lipinski definition) is 1. The van der Waals surface area contributed by atoms with Crippen LogP contribution in [0.4, 0.5) is 4.39 Å². The minimum Gasteiger partial charge on any atom is -0.477 e. The summed E-state index contributed by atoms with van der Waals surface area (Å²) in [6.07, 6.45) is 3.52. The highest BCUT2D eigenvalue weighted by atomic mass is 19.1. The molecule has 4 nitrogen and oxygen atoms in total. The third-order valence-electron chi connectivity index (χ3n) is 2.43. The van der Waals surface area contributed by atoms with Crippen molar-refractivity contribution < 1.29 is 9.13 Å². The third-order valence-corrected chi connectivity index (χ3v) is 2.43. The summed E-state index contributed by atoms with van der Waals surface area (Å²) >= 11 is 0. The van der Waals surface area contributed by atoms with Gasteiger partial charge in [0, 0.05) is 30.4 Å². The average molecular weight is 247 g/mol. The summed E-state index contributed by atoms with van der Waals surface area (Å²) in [6.45, 7) is 0.631. The molecule has 0 aliphatic carbocycles. The third kappa shape index (κ3) is 3.24. The summed E-state index contributed by atoms with van der Waals surface area (Å²) < 4.78 is 18.4. The van der Waals surface area contributed by atoms with Gasteiger partial charge in [-0.15, -0.1) is 0 Å². The molecule has 5 heteroatoms. The van der Waals surface area contributed by atoms with E-state index in [9.17, 15) is 4.39 Å². The highest BCUT2D eigenvalue weighted by molar-refractivity contribution is 5.25. The number of pyridine rings is 2. The minimum atomic E-state index is -0.410. The first-order valence-corrected chi connectivity index (χ1v) is 5.67. The number of halogens is 1. The zero-order valence-electron chi connectivity index (χ0n) is 9.84. The van der Waals surface area contributed by atoms with Crippen molar-refractivity contribution in [2.45, 2.75) is 13.0 Å². The molecule has 0 fully saturated rings. The summed E-state index contributed by atoms with van der Waals surface area (Å²) in [5, 5.41) is 0. The van der Waals surface area contributed by atoms with Gasteiger partial charge < -0.3 is 10.5 Å². The summed E-state index contributed by atoms with van der Waals surface area (Å²) in [5.41, 5.74) is 7.01. The molecule has 0 aromatic carbocycles. The normalized spacial score (nSPS) is 10.3. The molecule has 0 aliphatic rings. The molecule has 18 heavy (non-hydrogen) atoms. The van der Waals surface area contributed by atoms with Crippen LogP contribution in [0.15, 0.2) is 36.7 Å². The van der Waals surface area contributed by atoms with E-state index in [1.807, 2.05) is 18.2 Å². The Morgan fingerprint density at radius 1 is 1.28 bits per heavy atom. The maximum Gasteiger partial charge on any atom is 0.218 e. The molecule has 2 aromatic rings. The molecule has 0 spiro atoms. The Hall–Kier alpha value is -2.01. The van der Waals surface area contributed by atoms with Gasteiger partial charge in [-0.2, -0.15) is 0 Å². The Bertz CT molecular complexity index is 505. The van der Waals surface area contributed by atoms with Gasteiger partial charge in [0.1, 0.15) is 5.82 Å². The summed E-state index contributed by atoms with van der Waals surface area (Å²) in [4.78, 5) is 8.06. The van der Waals surface area contributed by atoms with Gasteiger partial charge in [-0.25, -0.2) is 9.37 Å². The smallest absolute Gasteiger partial charge is 0.218 e. The van der Waals surface area contributed by atoms with Crippen molar-refractivity contribution in [3.63, 3.8) is 0 Å². The molecule has 0 unspecified atom stereocenters. The molecule has 2 N–H and O–H groups in total. The molecule has 2 heterocycles. The van der Waals surface area contributed by atoms with Crippen LogP contribution in [0.25, 0.3) is 0 Å². The van der Waals surface area contributed by atoms with Gasteiger partial charge in [-0.1, -0.05) is 6.07 Å². The van der Waals surface area contributed by atoms with Gasteiger partial charge in [-0.3, -0.25) is 4.98 Å². The van der Waals surface area contributed by atoms with E-state index in [-0.39, 0.29) is 6.54 Å². The van der Waals surface area contributed by atoms with E-state index >= 15 is 0 Å². The number of nitrogens with zero attached hydrogens (tertiary/aromatic N) is 2. The topological polar surface area (TPSA) is 61.0 Å². The van der Waals surface area contributed by atoms with Crippen molar-refractivity contribution in [3.8, 4) is 5.88 Å². The lowest BCUT2D eigenvalue weighted by molar-refractivity contribution is 0.303. The van der Waals surface area contributed by atoms with Crippen LogP contribution in [-0.2, 0) is 13.0 Å². The van der Waals surface area contributed by atoms with E-state index in [0.717, 1.165) is 11.9 Å². The molecule has 0 amide bonds. The van der Waals surface area contributed by atoms with Gasteiger partial charge in [0.25, 0.3) is 0 Å². The van der Waals surface area contributed by atoms with Gasteiger partial charge in [0.15, 0.2) is 0 Å². The van der Waals surface area contributed by atoms with Crippen LogP contribution < -0.4 is 10.5 Å². The minimum absolute atomic E-state index is 0.198. The van der Waals surface area contributed by atoms with Crippen molar-refractivity contribution in [1.82, 2.24) is 9.97 Å². The monoisotopic (exact) mass is 247 g/mol. The van der Waals surface area contributed by atoms with Crippen molar-refractivity contribution in [3.05, 3.63) is 53.7 Å². The zero-order chi connectivity index (χ0) is 12.8. The second-order valence-corrected chi connectivity index (χ2v) is 3.74. The second-order valence-electron chi connectivity index (χ2n) is 3.74. The van der Waals surface area contributed by atoms with E-state index in [4.69, 9.17) is 10.5 Å². The fourth-order valence-corrected chi connectivity index (χ4v) is 1.54. The van der Waals surface area contributed by atoms with Crippen molar-refractivity contribution in [2.24, 2.45) is 5.73 Å². The van der Waals surface area contributed by atoms with Crippen LogP contribution in [0.3, 0.4) is 0 Å². The summed E-state index contributed by atoms with van der Waals surface area (Å²) in [5.74, 6) is -0.0256. The largest absolute Gasteiger partial charge is 0.477 e. The molecule has 0 saturated heterocycles. The van der Waals surface area contributed by atoms with Crippen molar-refractivity contribution >= 4 is 0 Å². The molecular weight excluding hydrogens is 233 g/mol. The van der Waals surface area contributed by atoms with Gasteiger partial charge in [0.05, 0.1) is 12.8 Å². The Kier molecular flexibility index (Phi) is 4.20. The lowest BCUT2D eigenvalue weighted by Gasteiger charge is -2.08. The van der Waals surface area contributed by atoms with E-state index in [1.165, 1.54) is 6.07 Å². The molecule has 0 radical (unpaired) electrons. The first kappa shape index (κ1) is 12.4. The quantitative estimate of drug-likeness (QED) is 0.873. The highest BCUT2D eigenvalue weighted by Crippen LogP contribution is 2.15. The SMILES string of the molecule is NCc1cc(F)cnc1OCCc1ccccn1. The lowest BCUT2D eigenvalue weighted by atomic mass is 10.2. The fraction of sp³-hybridized carbons (Fsp3) is 0.231. The van der Waals surface area contributed by atoms with Crippen molar-refractivity contribution in [2.75, 3.05) is 6.61 Å². The lowest BCUT2D eigenvalue weighted by Crippen LogP contribution is -2.08. The van der Waals surface area contributed by atoms with Gasteiger partial charge >= 0.3 is 0 Å².